The van der Waals surface area contributed by atoms with E-state index in [9.17, 15) is 9.90 Å². The molecule has 4 bridgehead atoms. The van der Waals surface area contributed by atoms with Crippen molar-refractivity contribution in [1.82, 2.24) is 15.1 Å². The minimum atomic E-state index is 0.0240. The topological polar surface area (TPSA) is 55.8 Å². The normalized spacial score (nSPS) is 36.2. The number of benzene rings is 2. The second-order valence-electron chi connectivity index (χ2n) is 12.4. The summed E-state index contributed by atoms with van der Waals surface area (Å²) in [5.74, 6) is 1.20. The summed E-state index contributed by atoms with van der Waals surface area (Å²) in [6, 6.07) is 16.9. The van der Waals surface area contributed by atoms with Crippen molar-refractivity contribution in [2.24, 2.45) is 17.3 Å². The highest BCUT2D eigenvalue weighted by atomic mass is 16.3. The molecule has 1 amide bonds. The first-order valence-electron chi connectivity index (χ1n) is 14.3. The molecule has 2 aromatic carbocycles. The molecule has 0 spiro atoms. The molecule has 4 unspecified atom stereocenters. The van der Waals surface area contributed by atoms with E-state index in [0.717, 1.165) is 44.3 Å². The minimum absolute atomic E-state index is 0.0240. The van der Waals surface area contributed by atoms with Crippen LogP contribution >= 0.6 is 0 Å². The first-order valence-corrected chi connectivity index (χ1v) is 14.3. The fourth-order valence-electron chi connectivity index (χ4n) is 9.42. The number of carbonyl (C=O) groups is 1. The zero-order valence-corrected chi connectivity index (χ0v) is 21.9. The van der Waals surface area contributed by atoms with Gasteiger partial charge in [0.25, 0.3) is 5.91 Å². The van der Waals surface area contributed by atoms with Crippen LogP contribution in [0, 0.1) is 17.3 Å². The Hall–Kier alpha value is -2.63. The average Bonchev–Trinajstić information content (AvgIpc) is 3.38. The van der Waals surface area contributed by atoms with E-state index in [1.54, 1.807) is 0 Å². The van der Waals surface area contributed by atoms with Crippen LogP contribution < -0.4 is 5.32 Å². The van der Waals surface area contributed by atoms with Crippen LogP contribution in [0.3, 0.4) is 0 Å². The summed E-state index contributed by atoms with van der Waals surface area (Å²) in [5.41, 5.74) is 3.75. The Morgan fingerprint density at radius 1 is 1.16 bits per heavy atom. The van der Waals surface area contributed by atoms with Gasteiger partial charge in [0.2, 0.25) is 0 Å². The quantitative estimate of drug-likeness (QED) is 0.603. The van der Waals surface area contributed by atoms with E-state index < -0.39 is 0 Å². The molecule has 1 saturated carbocycles. The van der Waals surface area contributed by atoms with Crippen molar-refractivity contribution in [3.05, 3.63) is 77.4 Å². The summed E-state index contributed by atoms with van der Waals surface area (Å²) < 4.78 is 0. The van der Waals surface area contributed by atoms with Crippen LogP contribution in [0.15, 0.2) is 60.7 Å². The molecule has 5 aliphatic rings. The average molecular weight is 498 g/mol. The van der Waals surface area contributed by atoms with Gasteiger partial charge in [0.15, 0.2) is 0 Å². The molecule has 2 heterocycles. The van der Waals surface area contributed by atoms with Crippen LogP contribution in [0.2, 0.25) is 0 Å². The zero-order chi connectivity index (χ0) is 25.2. The van der Waals surface area contributed by atoms with E-state index in [2.05, 4.69) is 46.4 Å². The highest BCUT2D eigenvalue weighted by Crippen LogP contribution is 2.72. The zero-order valence-electron chi connectivity index (χ0n) is 21.9. The molecule has 2 N–H and O–H groups in total. The number of allylic oxidation sites excluding steroid dienone is 2. The van der Waals surface area contributed by atoms with E-state index in [0.29, 0.717) is 36.2 Å². The largest absolute Gasteiger partial charge is 0.508 e. The Kier molecular flexibility index (Phi) is 5.53. The van der Waals surface area contributed by atoms with E-state index >= 15 is 0 Å². The SMILES string of the molecule is CN1CCC[C@H]1CN1CCC23c4cc(O)ccc4CC1C21CC=CC3[C@@H](CNC(=O)c2ccccc2)C1. The highest BCUT2D eigenvalue weighted by Gasteiger charge is 2.71. The molecular formula is C32H39N3O2. The van der Waals surface area contributed by atoms with Gasteiger partial charge < -0.3 is 15.3 Å². The molecule has 3 fully saturated rings. The number of fused-ring (bicyclic) bond motifs is 1. The number of nitrogens with one attached hydrogen (secondary N) is 1. The molecular weight excluding hydrogens is 458 g/mol. The molecule has 5 nitrogen and oxygen atoms in total. The molecule has 2 aliphatic heterocycles. The van der Waals surface area contributed by atoms with E-state index in [-0.39, 0.29) is 16.7 Å². The third kappa shape index (κ3) is 3.39. The number of aromatic hydroxyl groups is 1. The van der Waals surface area contributed by atoms with Crippen LogP contribution in [0.4, 0.5) is 0 Å². The standard InChI is InChI=1S/C32H39N3O2/c1-34-15-6-9-25(34)21-35-16-14-32-27-10-5-13-31(32,29(35)17-23-11-12-26(36)18-28(23)32)19-24(27)20-33-30(37)22-7-3-2-4-8-22/h2-5,7-8,10-12,18,24-25,27,29,36H,6,9,13-17,19-21H2,1H3,(H,33,37)/t24-,25+,27?,29?,31?,32?/m1/s1. The van der Waals surface area contributed by atoms with Gasteiger partial charge in [-0.15, -0.1) is 0 Å². The Morgan fingerprint density at radius 2 is 2.03 bits per heavy atom. The lowest BCUT2D eigenvalue weighted by Gasteiger charge is -2.64. The number of piperidine rings is 1. The van der Waals surface area contributed by atoms with Gasteiger partial charge >= 0.3 is 0 Å². The monoisotopic (exact) mass is 497 g/mol. The summed E-state index contributed by atoms with van der Waals surface area (Å²) in [4.78, 5) is 18.4. The molecule has 37 heavy (non-hydrogen) atoms. The van der Waals surface area contributed by atoms with Crippen molar-refractivity contribution in [2.45, 2.75) is 56.0 Å². The Bertz CT molecular complexity index is 1230. The lowest BCUT2D eigenvalue weighted by molar-refractivity contribution is -0.0676. The molecule has 6 atom stereocenters. The molecule has 0 aromatic heterocycles. The second-order valence-corrected chi connectivity index (χ2v) is 12.4. The van der Waals surface area contributed by atoms with Crippen LogP contribution in [-0.4, -0.2) is 66.1 Å². The van der Waals surface area contributed by atoms with E-state index in [1.165, 1.54) is 30.5 Å². The number of hydrogen-bond donors (Lipinski definition) is 2. The lowest BCUT2D eigenvalue weighted by Crippen LogP contribution is -2.67. The third-order valence-electron chi connectivity index (χ3n) is 11.0. The summed E-state index contributed by atoms with van der Waals surface area (Å²) in [7, 11) is 2.30. The third-order valence-corrected chi connectivity index (χ3v) is 11.0. The Balaban J connectivity index is 1.25. The molecule has 194 valence electrons. The van der Waals surface area contributed by atoms with Crippen molar-refractivity contribution < 1.29 is 9.90 Å². The molecule has 5 heteroatoms. The Morgan fingerprint density at radius 3 is 2.84 bits per heavy atom. The van der Waals surface area contributed by atoms with Gasteiger partial charge in [0.1, 0.15) is 5.75 Å². The summed E-state index contributed by atoms with van der Waals surface area (Å²) >= 11 is 0. The highest BCUT2D eigenvalue weighted by molar-refractivity contribution is 5.94. The van der Waals surface area contributed by atoms with Crippen molar-refractivity contribution in [1.29, 1.82) is 0 Å². The van der Waals surface area contributed by atoms with Gasteiger partial charge in [-0.05, 0) is 106 Å². The molecule has 7 rings (SSSR count). The predicted molar refractivity (Wildman–Crippen MR) is 146 cm³/mol. The van der Waals surface area contributed by atoms with E-state index in [4.69, 9.17) is 0 Å². The summed E-state index contributed by atoms with van der Waals surface area (Å²) in [6.45, 7) is 4.21. The van der Waals surface area contributed by atoms with Crippen LogP contribution in [0.5, 0.6) is 5.75 Å². The summed E-state index contributed by atoms with van der Waals surface area (Å²) in [5, 5.41) is 13.9. The molecule has 2 saturated heterocycles. The maximum atomic E-state index is 13.0. The smallest absolute Gasteiger partial charge is 0.251 e. The molecule has 3 aliphatic carbocycles. The number of amides is 1. The number of phenols is 1. The van der Waals surface area contributed by atoms with Gasteiger partial charge in [0, 0.05) is 41.6 Å². The van der Waals surface area contributed by atoms with Gasteiger partial charge in [0.05, 0.1) is 0 Å². The number of likely N-dealkylation sites (N-methyl/N-ethyl adjacent to an activating group) is 1. The number of likely N-dealkylation sites (tertiary alicyclic amines) is 2. The maximum Gasteiger partial charge on any atom is 0.251 e. The van der Waals surface area contributed by atoms with Crippen molar-refractivity contribution in [3.63, 3.8) is 0 Å². The van der Waals surface area contributed by atoms with Crippen molar-refractivity contribution in [2.75, 3.05) is 33.2 Å². The van der Waals surface area contributed by atoms with Crippen LogP contribution in [-0.2, 0) is 11.8 Å². The lowest BCUT2D eigenvalue weighted by atomic mass is 9.45. The molecule has 2 aromatic rings. The number of phenolic OH excluding ortho intramolecular Hbond substituents is 1. The number of carbonyl (C=O) groups excluding carboxylic acids is 1. The number of hydrogen-bond acceptors (Lipinski definition) is 4. The fraction of sp³-hybridized carbons (Fsp3) is 0.531. The van der Waals surface area contributed by atoms with Gasteiger partial charge in [-0.2, -0.15) is 0 Å². The predicted octanol–water partition coefficient (Wildman–Crippen LogP) is 4.37. The van der Waals surface area contributed by atoms with Crippen LogP contribution in [0.25, 0.3) is 0 Å². The van der Waals surface area contributed by atoms with Crippen LogP contribution in [0.1, 0.15) is 53.6 Å². The van der Waals surface area contributed by atoms with Crippen molar-refractivity contribution >= 4 is 5.91 Å². The second kappa shape index (κ2) is 8.71. The van der Waals surface area contributed by atoms with Gasteiger partial charge in [-0.1, -0.05) is 36.4 Å². The Labute approximate surface area is 220 Å². The van der Waals surface area contributed by atoms with E-state index in [1.807, 2.05) is 36.4 Å². The fourth-order valence-corrected chi connectivity index (χ4v) is 9.42. The van der Waals surface area contributed by atoms with Crippen molar-refractivity contribution in [3.8, 4) is 5.75 Å². The molecule has 0 radical (unpaired) electrons. The summed E-state index contributed by atoms with van der Waals surface area (Å²) in [6.07, 6.45) is 12.0. The minimum Gasteiger partial charge on any atom is -0.508 e. The number of rotatable bonds is 5. The number of nitrogens with zero attached hydrogens (tertiary/aromatic N) is 2. The van der Waals surface area contributed by atoms with Gasteiger partial charge in [-0.3, -0.25) is 9.69 Å². The van der Waals surface area contributed by atoms with Gasteiger partial charge in [-0.25, -0.2) is 0 Å². The first kappa shape index (κ1) is 23.5. The first-order chi connectivity index (χ1) is 18.0. The maximum absolute atomic E-state index is 13.0.